The van der Waals surface area contributed by atoms with Crippen molar-refractivity contribution < 1.29 is 9.59 Å². The molecule has 2 N–H and O–H groups in total. The first-order chi connectivity index (χ1) is 14.4. The van der Waals surface area contributed by atoms with Gasteiger partial charge < -0.3 is 15.5 Å². The van der Waals surface area contributed by atoms with Crippen molar-refractivity contribution in [3.05, 3.63) is 35.4 Å². The summed E-state index contributed by atoms with van der Waals surface area (Å²) >= 11 is 0. The summed E-state index contributed by atoms with van der Waals surface area (Å²) in [5.41, 5.74) is 8.64. The van der Waals surface area contributed by atoms with E-state index in [4.69, 9.17) is 5.73 Å². The number of benzene rings is 1. The molecule has 0 radical (unpaired) electrons. The highest BCUT2D eigenvalue weighted by molar-refractivity contribution is 5.87. The van der Waals surface area contributed by atoms with Gasteiger partial charge in [0.25, 0.3) is 0 Å². The van der Waals surface area contributed by atoms with Crippen molar-refractivity contribution in [2.45, 2.75) is 69.4 Å². The molecule has 7 atom stereocenters. The first-order valence-electron chi connectivity index (χ1n) is 11.0. The Kier molecular flexibility index (Phi) is 4.60. The van der Waals surface area contributed by atoms with Crippen LogP contribution in [0, 0.1) is 24.2 Å². The SMILES string of the molecule is Cc1ccc([C@H](C)N2C(=O)[C@@H]3C[C@H]2CN3C[C@H](N)C(=O)N2[C@H](C#N)C[C@@H]3C[C@@H]32)cc1. The summed E-state index contributed by atoms with van der Waals surface area (Å²) in [6.45, 7) is 5.28. The lowest BCUT2D eigenvalue weighted by Gasteiger charge is -2.38. The third-order valence-electron chi connectivity index (χ3n) is 7.55. The Morgan fingerprint density at radius 1 is 1.27 bits per heavy atom. The first-order valence-corrected chi connectivity index (χ1v) is 11.0. The molecule has 158 valence electrons. The summed E-state index contributed by atoms with van der Waals surface area (Å²) in [5.74, 6) is 0.482. The van der Waals surface area contributed by atoms with Crippen LogP contribution in [0.2, 0.25) is 0 Å². The summed E-state index contributed by atoms with van der Waals surface area (Å²) in [4.78, 5) is 31.9. The van der Waals surface area contributed by atoms with Crippen molar-refractivity contribution >= 4 is 11.8 Å². The molecule has 0 spiro atoms. The van der Waals surface area contributed by atoms with Gasteiger partial charge in [0.05, 0.1) is 24.2 Å². The van der Waals surface area contributed by atoms with Crippen molar-refractivity contribution in [3.63, 3.8) is 0 Å². The van der Waals surface area contributed by atoms with Crippen molar-refractivity contribution in [1.82, 2.24) is 14.7 Å². The van der Waals surface area contributed by atoms with E-state index in [1.165, 1.54) is 5.56 Å². The van der Waals surface area contributed by atoms with Crippen LogP contribution in [0.1, 0.15) is 43.4 Å². The second-order valence-corrected chi connectivity index (χ2v) is 9.49. The maximum Gasteiger partial charge on any atom is 0.242 e. The zero-order valence-corrected chi connectivity index (χ0v) is 17.6. The standard InChI is InChI=1S/C23H29N5O2/c1-13-3-5-15(6-4-13)14(2)27-18-9-21(23(27)30)26(11-18)12-19(25)22(29)28-17(10-24)7-16-8-20(16)28/h3-6,14,16-21H,7-9,11-12,25H2,1-2H3/t14-,16+,17-,18-,19-,20-,21-/m0/s1. The van der Waals surface area contributed by atoms with E-state index < -0.39 is 6.04 Å². The molecule has 1 aliphatic carbocycles. The molecule has 0 unspecified atom stereocenters. The van der Waals surface area contributed by atoms with E-state index in [1.807, 2.05) is 4.90 Å². The van der Waals surface area contributed by atoms with Crippen LogP contribution in [0.3, 0.4) is 0 Å². The zero-order chi connectivity index (χ0) is 21.2. The Labute approximate surface area is 177 Å². The third-order valence-corrected chi connectivity index (χ3v) is 7.55. The zero-order valence-electron chi connectivity index (χ0n) is 17.6. The van der Waals surface area contributed by atoms with E-state index in [0.717, 1.165) is 31.4 Å². The van der Waals surface area contributed by atoms with Crippen LogP contribution in [0.25, 0.3) is 0 Å². The molecule has 7 heteroatoms. The highest BCUT2D eigenvalue weighted by Crippen LogP contribution is 2.48. The maximum absolute atomic E-state index is 13.1. The highest BCUT2D eigenvalue weighted by Gasteiger charge is 2.56. The minimum Gasteiger partial charge on any atom is -0.330 e. The average Bonchev–Trinajstić information content (AvgIpc) is 3.07. The Bertz CT molecular complexity index is 909. The minimum atomic E-state index is -0.685. The molecule has 1 aromatic carbocycles. The number of hydrogen-bond donors (Lipinski definition) is 1. The number of hydrogen-bond acceptors (Lipinski definition) is 5. The normalized spacial score (nSPS) is 34.1. The van der Waals surface area contributed by atoms with E-state index in [9.17, 15) is 14.9 Å². The predicted octanol–water partition coefficient (Wildman–Crippen LogP) is 1.18. The van der Waals surface area contributed by atoms with Gasteiger partial charge in [0.2, 0.25) is 11.8 Å². The smallest absolute Gasteiger partial charge is 0.242 e. The predicted molar refractivity (Wildman–Crippen MR) is 111 cm³/mol. The quantitative estimate of drug-likeness (QED) is 0.791. The molecule has 7 nitrogen and oxygen atoms in total. The molecular weight excluding hydrogens is 378 g/mol. The number of likely N-dealkylation sites (tertiary alicyclic amines) is 3. The largest absolute Gasteiger partial charge is 0.330 e. The number of piperidine rings is 1. The number of amides is 2. The van der Waals surface area contributed by atoms with Gasteiger partial charge in [-0.2, -0.15) is 5.26 Å². The molecule has 5 rings (SSSR count). The van der Waals surface area contributed by atoms with Crippen molar-refractivity contribution in [2.75, 3.05) is 13.1 Å². The number of nitriles is 1. The van der Waals surface area contributed by atoms with Gasteiger partial charge >= 0.3 is 0 Å². The topological polar surface area (TPSA) is 93.7 Å². The van der Waals surface area contributed by atoms with E-state index in [2.05, 4.69) is 49.1 Å². The number of aryl methyl sites for hydroxylation is 1. The fourth-order valence-electron chi connectivity index (χ4n) is 5.82. The number of piperazine rings is 1. The second-order valence-electron chi connectivity index (χ2n) is 9.49. The molecule has 2 bridgehead atoms. The Balaban J connectivity index is 1.23. The monoisotopic (exact) mass is 407 g/mol. The Hall–Kier alpha value is -2.43. The summed E-state index contributed by atoms with van der Waals surface area (Å²) in [6, 6.07) is 9.79. The van der Waals surface area contributed by atoms with E-state index in [-0.39, 0.29) is 42.0 Å². The first kappa shape index (κ1) is 19.5. The van der Waals surface area contributed by atoms with Crippen LogP contribution in [-0.2, 0) is 9.59 Å². The Morgan fingerprint density at radius 3 is 2.67 bits per heavy atom. The fourth-order valence-corrected chi connectivity index (χ4v) is 5.82. The van der Waals surface area contributed by atoms with Gasteiger partial charge in [-0.3, -0.25) is 14.5 Å². The third kappa shape index (κ3) is 3.01. The number of rotatable bonds is 5. The number of nitrogens with two attached hydrogens (primary N) is 1. The molecular formula is C23H29N5O2. The highest BCUT2D eigenvalue weighted by atomic mass is 16.2. The minimum absolute atomic E-state index is 0.0401. The second kappa shape index (κ2) is 7.07. The van der Waals surface area contributed by atoms with Crippen LogP contribution in [0.4, 0.5) is 0 Å². The van der Waals surface area contributed by atoms with Gasteiger partial charge in [-0.05, 0) is 44.6 Å². The van der Waals surface area contributed by atoms with Crippen molar-refractivity contribution in [3.8, 4) is 6.07 Å². The summed E-state index contributed by atoms with van der Waals surface area (Å²) in [5, 5.41) is 9.36. The molecule has 2 amide bonds. The van der Waals surface area contributed by atoms with Crippen molar-refractivity contribution in [1.29, 1.82) is 5.26 Å². The molecule has 1 aromatic rings. The van der Waals surface area contributed by atoms with Crippen LogP contribution >= 0.6 is 0 Å². The van der Waals surface area contributed by atoms with Gasteiger partial charge in [0, 0.05) is 25.2 Å². The molecule has 0 aromatic heterocycles. The van der Waals surface area contributed by atoms with Crippen LogP contribution < -0.4 is 5.73 Å². The van der Waals surface area contributed by atoms with Gasteiger partial charge in [0.1, 0.15) is 6.04 Å². The van der Waals surface area contributed by atoms with E-state index in [1.54, 1.807) is 4.90 Å². The van der Waals surface area contributed by atoms with Gasteiger partial charge in [-0.15, -0.1) is 0 Å². The average molecular weight is 408 g/mol. The van der Waals surface area contributed by atoms with Gasteiger partial charge in [-0.25, -0.2) is 0 Å². The number of nitrogens with zero attached hydrogens (tertiary/aromatic N) is 4. The summed E-state index contributed by atoms with van der Waals surface area (Å²) in [6.07, 6.45) is 2.57. The van der Waals surface area contributed by atoms with E-state index >= 15 is 0 Å². The van der Waals surface area contributed by atoms with E-state index in [0.29, 0.717) is 12.5 Å². The lowest BCUT2D eigenvalue weighted by Crippen LogP contribution is -2.57. The number of carbonyl (C=O) groups excluding carboxylic acids is 2. The van der Waals surface area contributed by atoms with Crippen LogP contribution in [0.5, 0.6) is 0 Å². The summed E-state index contributed by atoms with van der Waals surface area (Å²) < 4.78 is 0. The lowest BCUT2D eigenvalue weighted by molar-refractivity contribution is -0.141. The fraction of sp³-hybridized carbons (Fsp3) is 0.609. The number of carbonyl (C=O) groups is 2. The lowest BCUT2D eigenvalue weighted by atomic mass is 10.0. The van der Waals surface area contributed by atoms with Gasteiger partial charge in [0.15, 0.2) is 0 Å². The molecule has 30 heavy (non-hydrogen) atoms. The molecule has 3 saturated heterocycles. The molecule has 3 heterocycles. The summed E-state index contributed by atoms with van der Waals surface area (Å²) in [7, 11) is 0. The molecule has 4 aliphatic rings. The van der Waals surface area contributed by atoms with Crippen LogP contribution in [-0.4, -0.2) is 69.8 Å². The van der Waals surface area contributed by atoms with Crippen molar-refractivity contribution in [2.24, 2.45) is 11.7 Å². The number of fused-ring (bicyclic) bond motifs is 3. The maximum atomic E-state index is 13.1. The Morgan fingerprint density at radius 2 is 2.00 bits per heavy atom. The molecule has 1 saturated carbocycles. The van der Waals surface area contributed by atoms with Crippen LogP contribution in [0.15, 0.2) is 24.3 Å². The molecule has 4 fully saturated rings. The molecule has 3 aliphatic heterocycles. The van der Waals surface area contributed by atoms with Gasteiger partial charge in [-0.1, -0.05) is 29.8 Å².